The molecule has 2 atom stereocenters. The summed E-state index contributed by atoms with van der Waals surface area (Å²) >= 11 is 0. The zero-order chi connectivity index (χ0) is 17.6. The molecule has 0 unspecified atom stereocenters. The maximum absolute atomic E-state index is 13.0. The molecular weight excluding hydrogens is 318 g/mol. The average Bonchev–Trinajstić information content (AvgIpc) is 2.98. The molecule has 0 radical (unpaired) electrons. The number of H-pyrrole nitrogens is 1. The third-order valence-electron chi connectivity index (χ3n) is 5.40. The zero-order valence-electron chi connectivity index (χ0n) is 14.6. The summed E-state index contributed by atoms with van der Waals surface area (Å²) in [5.74, 6) is 0.0808. The number of aromatic amines is 1. The molecule has 1 saturated heterocycles. The van der Waals surface area contributed by atoms with Gasteiger partial charge in [-0.3, -0.25) is 9.59 Å². The van der Waals surface area contributed by atoms with E-state index in [0.29, 0.717) is 19.6 Å². The summed E-state index contributed by atoms with van der Waals surface area (Å²) in [6.45, 7) is 3.33. The first kappa shape index (κ1) is 16.1. The van der Waals surface area contributed by atoms with Crippen LogP contribution < -0.4 is 0 Å². The number of fused-ring (bicyclic) bond motifs is 4. The summed E-state index contributed by atoms with van der Waals surface area (Å²) in [5.41, 5.74) is 3.30. The predicted octanol–water partition coefficient (Wildman–Crippen LogP) is 1.86. The largest absolute Gasteiger partial charge is 0.385 e. The quantitative estimate of drug-likeness (QED) is 0.863. The SMILES string of the molecule is COCCCN1CC(=O)N2[C@@H](Cc3c([nH]c4ccccc34)[C@@H]2C)C1=O. The molecule has 2 amide bonds. The average molecular weight is 341 g/mol. The van der Waals surface area contributed by atoms with Gasteiger partial charge in [0.2, 0.25) is 11.8 Å². The molecule has 25 heavy (non-hydrogen) atoms. The maximum atomic E-state index is 13.0. The topological polar surface area (TPSA) is 65.6 Å². The van der Waals surface area contributed by atoms with Gasteiger partial charge in [-0.2, -0.15) is 0 Å². The number of methoxy groups -OCH3 is 1. The van der Waals surface area contributed by atoms with Gasteiger partial charge in [-0.15, -0.1) is 0 Å². The fraction of sp³-hybridized carbons (Fsp3) is 0.474. The van der Waals surface area contributed by atoms with E-state index in [1.54, 1.807) is 16.9 Å². The summed E-state index contributed by atoms with van der Waals surface area (Å²) in [6, 6.07) is 7.62. The van der Waals surface area contributed by atoms with Crippen LogP contribution in [0.4, 0.5) is 0 Å². The molecule has 132 valence electrons. The highest BCUT2D eigenvalue weighted by molar-refractivity contribution is 5.97. The lowest BCUT2D eigenvalue weighted by molar-refractivity contribution is -0.159. The van der Waals surface area contributed by atoms with E-state index in [9.17, 15) is 9.59 Å². The minimum Gasteiger partial charge on any atom is -0.385 e. The van der Waals surface area contributed by atoms with Crippen molar-refractivity contribution in [2.45, 2.75) is 31.8 Å². The molecule has 0 bridgehead atoms. The third kappa shape index (κ3) is 2.52. The van der Waals surface area contributed by atoms with Gasteiger partial charge >= 0.3 is 0 Å². The number of nitrogens with one attached hydrogen (secondary N) is 1. The molecule has 2 aliphatic heterocycles. The van der Waals surface area contributed by atoms with Gasteiger partial charge in [-0.25, -0.2) is 0 Å². The monoisotopic (exact) mass is 341 g/mol. The van der Waals surface area contributed by atoms with Crippen molar-refractivity contribution in [1.82, 2.24) is 14.8 Å². The van der Waals surface area contributed by atoms with Crippen LogP contribution in [0.3, 0.4) is 0 Å². The van der Waals surface area contributed by atoms with Crippen molar-refractivity contribution in [3.05, 3.63) is 35.5 Å². The van der Waals surface area contributed by atoms with Crippen molar-refractivity contribution < 1.29 is 14.3 Å². The van der Waals surface area contributed by atoms with Crippen LogP contribution in [0.5, 0.6) is 0 Å². The lowest BCUT2D eigenvalue weighted by Crippen LogP contribution is -2.62. The number of rotatable bonds is 4. The van der Waals surface area contributed by atoms with E-state index in [1.807, 2.05) is 25.1 Å². The number of amides is 2. The Morgan fingerprint density at radius 2 is 2.08 bits per heavy atom. The van der Waals surface area contributed by atoms with Gasteiger partial charge in [0.25, 0.3) is 0 Å². The first-order valence-electron chi connectivity index (χ1n) is 8.80. The first-order valence-corrected chi connectivity index (χ1v) is 8.80. The number of carbonyl (C=O) groups excluding carboxylic acids is 2. The minimum absolute atomic E-state index is 0.0267. The first-order chi connectivity index (χ1) is 12.1. The van der Waals surface area contributed by atoms with Crippen molar-refractivity contribution in [3.63, 3.8) is 0 Å². The van der Waals surface area contributed by atoms with E-state index >= 15 is 0 Å². The summed E-state index contributed by atoms with van der Waals surface area (Å²) < 4.78 is 5.07. The van der Waals surface area contributed by atoms with E-state index in [-0.39, 0.29) is 24.4 Å². The lowest BCUT2D eigenvalue weighted by atomic mass is 9.90. The predicted molar refractivity (Wildman–Crippen MR) is 94.1 cm³/mol. The van der Waals surface area contributed by atoms with E-state index in [1.165, 1.54) is 5.56 Å². The third-order valence-corrected chi connectivity index (χ3v) is 5.40. The molecule has 1 aromatic heterocycles. The number of nitrogens with zero attached hydrogens (tertiary/aromatic N) is 2. The second-order valence-electron chi connectivity index (χ2n) is 6.87. The van der Waals surface area contributed by atoms with Crippen LogP contribution in [0.2, 0.25) is 0 Å². The Balaban J connectivity index is 1.68. The molecule has 0 aliphatic carbocycles. The molecule has 1 N–H and O–H groups in total. The van der Waals surface area contributed by atoms with Crippen LogP contribution in [0.1, 0.15) is 30.6 Å². The second-order valence-corrected chi connectivity index (χ2v) is 6.87. The van der Waals surface area contributed by atoms with E-state index in [4.69, 9.17) is 4.74 Å². The molecule has 3 heterocycles. The smallest absolute Gasteiger partial charge is 0.246 e. The number of piperazine rings is 1. The molecule has 4 rings (SSSR count). The number of aromatic nitrogens is 1. The number of benzene rings is 1. The molecule has 0 saturated carbocycles. The molecule has 0 spiro atoms. The fourth-order valence-electron chi connectivity index (χ4n) is 4.22. The summed E-state index contributed by atoms with van der Waals surface area (Å²) in [5, 5.41) is 1.15. The van der Waals surface area contributed by atoms with Gasteiger partial charge in [0.1, 0.15) is 6.04 Å². The Morgan fingerprint density at radius 3 is 2.88 bits per heavy atom. The number of para-hydroxylation sites is 1. The Hall–Kier alpha value is -2.34. The fourth-order valence-corrected chi connectivity index (χ4v) is 4.22. The van der Waals surface area contributed by atoms with Crippen LogP contribution in [0.15, 0.2) is 24.3 Å². The summed E-state index contributed by atoms with van der Waals surface area (Å²) in [6.07, 6.45) is 1.32. The molecule has 2 aliphatic rings. The maximum Gasteiger partial charge on any atom is 0.246 e. The number of ether oxygens (including phenoxy) is 1. The van der Waals surface area contributed by atoms with Crippen LogP contribution in [-0.2, 0) is 20.7 Å². The van der Waals surface area contributed by atoms with Crippen molar-refractivity contribution >= 4 is 22.7 Å². The Labute approximate surface area is 146 Å². The molecule has 1 fully saturated rings. The minimum atomic E-state index is -0.398. The highest BCUT2D eigenvalue weighted by Gasteiger charge is 2.45. The van der Waals surface area contributed by atoms with E-state index in [0.717, 1.165) is 23.0 Å². The van der Waals surface area contributed by atoms with Crippen molar-refractivity contribution in [3.8, 4) is 0 Å². The zero-order valence-corrected chi connectivity index (χ0v) is 14.6. The number of hydrogen-bond acceptors (Lipinski definition) is 3. The van der Waals surface area contributed by atoms with Crippen LogP contribution in [-0.4, -0.2) is 59.4 Å². The van der Waals surface area contributed by atoms with Crippen LogP contribution in [0.25, 0.3) is 10.9 Å². The van der Waals surface area contributed by atoms with Gasteiger partial charge in [0, 0.05) is 43.3 Å². The lowest BCUT2D eigenvalue weighted by Gasteiger charge is -2.46. The Morgan fingerprint density at radius 1 is 1.28 bits per heavy atom. The van der Waals surface area contributed by atoms with Gasteiger partial charge in [-0.05, 0) is 25.0 Å². The number of carbonyl (C=O) groups is 2. The Kier molecular flexibility index (Phi) is 4.00. The van der Waals surface area contributed by atoms with Gasteiger partial charge in [0.15, 0.2) is 0 Å². The molecule has 2 aromatic rings. The van der Waals surface area contributed by atoms with E-state index in [2.05, 4.69) is 11.1 Å². The normalized spacial score (nSPS) is 23.1. The second kappa shape index (κ2) is 6.19. The summed E-state index contributed by atoms with van der Waals surface area (Å²) in [7, 11) is 1.65. The Bertz CT molecular complexity index is 828. The molecule has 6 nitrogen and oxygen atoms in total. The van der Waals surface area contributed by atoms with Gasteiger partial charge < -0.3 is 19.5 Å². The number of hydrogen-bond donors (Lipinski definition) is 1. The molecule has 1 aromatic carbocycles. The van der Waals surface area contributed by atoms with Gasteiger partial charge in [0.05, 0.1) is 12.6 Å². The highest BCUT2D eigenvalue weighted by atomic mass is 16.5. The summed E-state index contributed by atoms with van der Waals surface area (Å²) in [4.78, 5) is 32.6. The van der Waals surface area contributed by atoms with Crippen molar-refractivity contribution in [1.29, 1.82) is 0 Å². The standard InChI is InChI=1S/C19H23N3O3/c1-12-18-14(13-6-3-4-7-15(13)20-18)10-16-19(24)21(8-5-9-25-2)11-17(23)22(12)16/h3-4,6-7,12,16,20H,5,8-11H2,1-2H3/t12-,16-/m0/s1. The van der Waals surface area contributed by atoms with Crippen molar-refractivity contribution in [2.75, 3.05) is 26.8 Å². The highest BCUT2D eigenvalue weighted by Crippen LogP contribution is 2.38. The van der Waals surface area contributed by atoms with Crippen LogP contribution in [0, 0.1) is 0 Å². The molecule has 6 heteroatoms. The van der Waals surface area contributed by atoms with Gasteiger partial charge in [-0.1, -0.05) is 18.2 Å². The van der Waals surface area contributed by atoms with E-state index < -0.39 is 6.04 Å². The molecular formula is C19H23N3O3. The van der Waals surface area contributed by atoms with Crippen LogP contribution >= 0.6 is 0 Å². The van der Waals surface area contributed by atoms with Crippen molar-refractivity contribution in [2.24, 2.45) is 0 Å².